The number of rotatable bonds is 4. The van der Waals surface area contributed by atoms with Gasteiger partial charge in [-0.15, -0.1) is 0 Å². The molecule has 0 saturated carbocycles. The molecule has 0 fully saturated rings. The van der Waals surface area contributed by atoms with Crippen molar-refractivity contribution in [1.82, 2.24) is 4.90 Å². The average Bonchev–Trinajstić information content (AvgIpc) is 2.44. The van der Waals surface area contributed by atoms with Crippen molar-refractivity contribution in [2.75, 3.05) is 7.05 Å². The van der Waals surface area contributed by atoms with Crippen molar-refractivity contribution in [3.8, 4) is 0 Å². The van der Waals surface area contributed by atoms with Gasteiger partial charge in [0.1, 0.15) is 0 Å². The van der Waals surface area contributed by atoms with Crippen LogP contribution in [0.1, 0.15) is 53.0 Å². The molecule has 0 aliphatic carbocycles. The van der Waals surface area contributed by atoms with Crippen LogP contribution in [-0.4, -0.2) is 29.5 Å². The Balaban J connectivity index is 2.35. The van der Waals surface area contributed by atoms with Crippen molar-refractivity contribution < 1.29 is 14.4 Å². The third-order valence-electron chi connectivity index (χ3n) is 3.81. The molecule has 0 N–H and O–H groups in total. The van der Waals surface area contributed by atoms with Crippen LogP contribution in [-0.2, 0) is 11.2 Å². The third-order valence-corrected chi connectivity index (χ3v) is 3.81. The molecule has 0 saturated heterocycles. The van der Waals surface area contributed by atoms with Crippen molar-refractivity contribution in [1.29, 1.82) is 0 Å². The molecule has 106 valence electrons. The lowest BCUT2D eigenvalue weighted by atomic mass is 9.90. The summed E-state index contributed by atoms with van der Waals surface area (Å²) in [5.74, 6) is -0.520. The summed E-state index contributed by atoms with van der Waals surface area (Å²) in [5, 5.41) is 0. The lowest BCUT2D eigenvalue weighted by Gasteiger charge is -2.23. The second-order valence-corrected chi connectivity index (χ2v) is 5.36. The van der Waals surface area contributed by atoms with Crippen molar-refractivity contribution in [3.05, 3.63) is 34.9 Å². The van der Waals surface area contributed by atoms with E-state index in [0.717, 1.165) is 17.7 Å². The van der Waals surface area contributed by atoms with Crippen molar-refractivity contribution >= 4 is 17.6 Å². The number of amides is 2. The molecule has 2 rings (SSSR count). The van der Waals surface area contributed by atoms with Crippen LogP contribution in [0.2, 0.25) is 0 Å². The molecule has 0 radical (unpaired) electrons. The van der Waals surface area contributed by atoms with E-state index in [9.17, 15) is 14.4 Å². The molecular weight excluding hydrogens is 254 g/mol. The maximum atomic E-state index is 12.3. The van der Waals surface area contributed by atoms with Crippen molar-refractivity contribution in [2.24, 2.45) is 5.92 Å². The number of Topliss-reactive ketones (excluding diaryl/α,β-unsaturated/α-hetero) is 1. The average molecular weight is 273 g/mol. The van der Waals surface area contributed by atoms with Gasteiger partial charge in [-0.3, -0.25) is 19.3 Å². The Morgan fingerprint density at radius 3 is 2.70 bits per heavy atom. The number of benzene rings is 1. The van der Waals surface area contributed by atoms with Crippen molar-refractivity contribution in [2.45, 2.75) is 33.1 Å². The number of carbonyl (C=O) groups excluding carboxylic acids is 3. The van der Waals surface area contributed by atoms with Crippen LogP contribution in [0.25, 0.3) is 0 Å². The molecule has 20 heavy (non-hydrogen) atoms. The first-order valence-electron chi connectivity index (χ1n) is 6.93. The minimum Gasteiger partial charge on any atom is -0.294 e. The highest BCUT2D eigenvalue weighted by molar-refractivity contribution is 6.11. The predicted octanol–water partition coefficient (Wildman–Crippen LogP) is 2.46. The van der Waals surface area contributed by atoms with E-state index in [-0.39, 0.29) is 29.9 Å². The largest absolute Gasteiger partial charge is 0.294 e. The third kappa shape index (κ3) is 2.50. The summed E-state index contributed by atoms with van der Waals surface area (Å²) < 4.78 is 0. The van der Waals surface area contributed by atoms with Gasteiger partial charge in [0.15, 0.2) is 5.78 Å². The summed E-state index contributed by atoms with van der Waals surface area (Å²) >= 11 is 0. The van der Waals surface area contributed by atoms with E-state index in [1.807, 2.05) is 13.8 Å². The van der Waals surface area contributed by atoms with Crippen molar-refractivity contribution in [3.63, 3.8) is 0 Å². The van der Waals surface area contributed by atoms with Gasteiger partial charge in [0.25, 0.3) is 5.91 Å². The molecule has 0 bridgehead atoms. The Bertz CT molecular complexity index is 577. The van der Waals surface area contributed by atoms with Crippen LogP contribution >= 0.6 is 0 Å². The number of fused-ring (bicyclic) bond motifs is 1. The summed E-state index contributed by atoms with van der Waals surface area (Å²) in [6.45, 7) is 3.95. The van der Waals surface area contributed by atoms with Gasteiger partial charge < -0.3 is 0 Å². The lowest BCUT2D eigenvalue weighted by molar-refractivity contribution is -0.127. The molecule has 1 aliphatic heterocycles. The minimum atomic E-state index is -0.325. The number of hydrogen-bond donors (Lipinski definition) is 0. The van der Waals surface area contributed by atoms with E-state index >= 15 is 0 Å². The van der Waals surface area contributed by atoms with Gasteiger partial charge in [-0.1, -0.05) is 32.4 Å². The highest BCUT2D eigenvalue weighted by atomic mass is 16.2. The van der Waals surface area contributed by atoms with Crippen LogP contribution in [0.15, 0.2) is 18.2 Å². The Hall–Kier alpha value is -1.97. The number of likely N-dealkylation sites (N-methyl/N-ethyl adjacent to an activating group) is 1. The first-order valence-corrected chi connectivity index (χ1v) is 6.93. The Morgan fingerprint density at radius 2 is 2.05 bits per heavy atom. The molecule has 0 spiro atoms. The fourth-order valence-electron chi connectivity index (χ4n) is 2.51. The zero-order chi connectivity index (χ0) is 14.9. The van der Waals surface area contributed by atoms with E-state index in [4.69, 9.17) is 0 Å². The normalized spacial score (nSPS) is 16.1. The van der Waals surface area contributed by atoms with Crippen LogP contribution in [0, 0.1) is 5.92 Å². The van der Waals surface area contributed by atoms with E-state index in [1.54, 1.807) is 18.2 Å². The van der Waals surface area contributed by atoms with E-state index in [2.05, 4.69) is 0 Å². The molecule has 1 unspecified atom stereocenters. The van der Waals surface area contributed by atoms with Gasteiger partial charge in [-0.05, 0) is 18.1 Å². The topological polar surface area (TPSA) is 54.5 Å². The molecule has 4 heteroatoms. The van der Waals surface area contributed by atoms with Crippen LogP contribution in [0.3, 0.4) is 0 Å². The predicted molar refractivity (Wildman–Crippen MR) is 75.6 cm³/mol. The SMILES string of the molecule is CCCC(C)C(=O)c1ccc2c(c1)C(=O)N(C)C(=O)C2. The molecule has 0 aromatic heterocycles. The molecule has 1 atom stereocenters. The van der Waals surface area contributed by atoms with E-state index in [1.165, 1.54) is 7.05 Å². The van der Waals surface area contributed by atoms with Crippen LogP contribution in [0.4, 0.5) is 0 Å². The monoisotopic (exact) mass is 273 g/mol. The maximum Gasteiger partial charge on any atom is 0.260 e. The fraction of sp³-hybridized carbons (Fsp3) is 0.438. The van der Waals surface area contributed by atoms with Crippen LogP contribution < -0.4 is 0 Å². The smallest absolute Gasteiger partial charge is 0.260 e. The highest BCUT2D eigenvalue weighted by Gasteiger charge is 2.29. The number of nitrogens with zero attached hydrogens (tertiary/aromatic N) is 1. The zero-order valence-corrected chi connectivity index (χ0v) is 12.1. The standard InChI is InChI=1S/C16H19NO3/c1-4-5-10(2)15(19)12-7-6-11-9-14(18)17(3)16(20)13(11)8-12/h6-8,10H,4-5,9H2,1-3H3. The van der Waals surface area contributed by atoms with Gasteiger partial charge in [0.2, 0.25) is 5.91 Å². The summed E-state index contributed by atoms with van der Waals surface area (Å²) in [4.78, 5) is 37.1. The Morgan fingerprint density at radius 1 is 1.35 bits per heavy atom. The quantitative estimate of drug-likeness (QED) is 0.625. The molecule has 1 aromatic carbocycles. The number of hydrogen-bond acceptors (Lipinski definition) is 3. The molecule has 4 nitrogen and oxygen atoms in total. The van der Waals surface area contributed by atoms with Gasteiger partial charge in [-0.25, -0.2) is 0 Å². The second-order valence-electron chi connectivity index (χ2n) is 5.36. The molecule has 1 heterocycles. The number of carbonyl (C=O) groups is 3. The lowest BCUT2D eigenvalue weighted by Crippen LogP contribution is -2.39. The van der Waals surface area contributed by atoms with E-state index < -0.39 is 0 Å². The Labute approximate surface area is 118 Å². The van der Waals surface area contributed by atoms with Crippen LogP contribution in [0.5, 0.6) is 0 Å². The van der Waals surface area contributed by atoms with Gasteiger partial charge >= 0.3 is 0 Å². The van der Waals surface area contributed by atoms with E-state index in [0.29, 0.717) is 16.7 Å². The molecule has 1 aliphatic rings. The second kappa shape index (κ2) is 5.57. The van der Waals surface area contributed by atoms with Gasteiger partial charge in [0.05, 0.1) is 6.42 Å². The summed E-state index contributed by atoms with van der Waals surface area (Å²) in [6, 6.07) is 5.08. The highest BCUT2D eigenvalue weighted by Crippen LogP contribution is 2.22. The first-order chi connectivity index (χ1) is 9.45. The molecule has 1 aromatic rings. The minimum absolute atomic E-state index is 0.0453. The first kappa shape index (κ1) is 14.4. The maximum absolute atomic E-state index is 12.3. The summed E-state index contributed by atoms with van der Waals surface area (Å²) in [5.41, 5.74) is 1.74. The van der Waals surface area contributed by atoms with Gasteiger partial charge in [0, 0.05) is 24.1 Å². The molecule has 2 amide bonds. The summed E-state index contributed by atoms with van der Waals surface area (Å²) in [6.07, 6.45) is 2.01. The van der Waals surface area contributed by atoms with Gasteiger partial charge in [-0.2, -0.15) is 0 Å². The zero-order valence-electron chi connectivity index (χ0n) is 12.1. The number of ketones is 1. The Kier molecular flexibility index (Phi) is 4.02. The molecular formula is C16H19NO3. The summed E-state index contributed by atoms with van der Waals surface area (Å²) in [7, 11) is 1.47. The fourth-order valence-corrected chi connectivity index (χ4v) is 2.51. The number of imide groups is 1.